The Balaban J connectivity index is 1.76. The molecule has 1 amide bonds. The van der Waals surface area contributed by atoms with Crippen molar-refractivity contribution in [1.29, 1.82) is 0 Å². The van der Waals surface area contributed by atoms with Gasteiger partial charge in [0.15, 0.2) is 6.61 Å². The van der Waals surface area contributed by atoms with Gasteiger partial charge in [-0.25, -0.2) is 0 Å². The minimum atomic E-state index is -0.188. The zero-order chi connectivity index (χ0) is 19.7. The lowest BCUT2D eigenvalue weighted by Gasteiger charge is -2.19. The maximum absolute atomic E-state index is 12.1. The van der Waals surface area contributed by atoms with Crippen LogP contribution in [0.2, 0.25) is 0 Å². The quantitative estimate of drug-likeness (QED) is 0.588. The molecule has 0 atom stereocenters. The van der Waals surface area contributed by atoms with E-state index in [2.05, 4.69) is 33.0 Å². The van der Waals surface area contributed by atoms with Crippen LogP contribution in [0.15, 0.2) is 48.5 Å². The molecule has 0 aromatic heterocycles. The molecule has 0 radical (unpaired) electrons. The molecule has 0 fully saturated rings. The fourth-order valence-electron chi connectivity index (χ4n) is 2.57. The van der Waals surface area contributed by atoms with E-state index in [-0.39, 0.29) is 17.9 Å². The van der Waals surface area contributed by atoms with Gasteiger partial charge in [0.2, 0.25) is 0 Å². The van der Waals surface area contributed by atoms with Crippen LogP contribution < -0.4 is 14.8 Å². The fourth-order valence-corrected chi connectivity index (χ4v) is 2.57. The Hall–Kier alpha value is -2.49. The monoisotopic (exact) mass is 369 g/mol. The van der Waals surface area contributed by atoms with Crippen LogP contribution in [0.3, 0.4) is 0 Å². The van der Waals surface area contributed by atoms with Gasteiger partial charge in [0.1, 0.15) is 11.5 Å². The maximum Gasteiger partial charge on any atom is 0.262 e. The smallest absolute Gasteiger partial charge is 0.262 e. The number of benzene rings is 2. The summed E-state index contributed by atoms with van der Waals surface area (Å²) in [6.45, 7) is 9.36. The molecule has 0 saturated carbocycles. The van der Waals surface area contributed by atoms with Crippen molar-refractivity contribution in [3.63, 3.8) is 0 Å². The van der Waals surface area contributed by atoms with Gasteiger partial charge in [-0.2, -0.15) is 0 Å². The molecule has 0 bridgehead atoms. The molecule has 0 aliphatic rings. The van der Waals surface area contributed by atoms with Crippen molar-refractivity contribution in [2.45, 2.75) is 52.4 Å². The molecule has 27 heavy (non-hydrogen) atoms. The summed E-state index contributed by atoms with van der Waals surface area (Å²) in [7, 11) is 0. The van der Waals surface area contributed by atoms with E-state index in [1.807, 2.05) is 48.5 Å². The lowest BCUT2D eigenvalue weighted by atomic mass is 9.87. The van der Waals surface area contributed by atoms with Gasteiger partial charge in [-0.1, -0.05) is 52.7 Å². The lowest BCUT2D eigenvalue weighted by Crippen LogP contribution is -2.20. The van der Waals surface area contributed by atoms with Gasteiger partial charge < -0.3 is 14.8 Å². The number of ether oxygens (including phenoxy) is 2. The molecule has 0 aliphatic heterocycles. The molecule has 146 valence electrons. The summed E-state index contributed by atoms with van der Waals surface area (Å²) in [6, 6.07) is 15.3. The maximum atomic E-state index is 12.1. The number of carbonyl (C=O) groups is 1. The molecule has 4 heteroatoms. The third kappa shape index (κ3) is 7.33. The van der Waals surface area contributed by atoms with Gasteiger partial charge in [-0.05, 0) is 53.8 Å². The molecule has 0 heterocycles. The van der Waals surface area contributed by atoms with Crippen molar-refractivity contribution in [2.24, 2.45) is 0 Å². The first kappa shape index (κ1) is 20.8. The molecule has 0 saturated heterocycles. The van der Waals surface area contributed by atoms with E-state index in [1.54, 1.807) is 0 Å². The number of hydrogen-bond donors (Lipinski definition) is 1. The van der Waals surface area contributed by atoms with Crippen LogP contribution in [-0.2, 0) is 10.2 Å². The van der Waals surface area contributed by atoms with Crippen molar-refractivity contribution in [1.82, 2.24) is 0 Å². The molecule has 0 unspecified atom stereocenters. The number of amides is 1. The van der Waals surface area contributed by atoms with Crippen molar-refractivity contribution >= 4 is 11.6 Å². The Morgan fingerprint density at radius 3 is 2.07 bits per heavy atom. The second-order valence-electron chi connectivity index (χ2n) is 7.69. The molecular weight excluding hydrogens is 338 g/mol. The van der Waals surface area contributed by atoms with Crippen LogP contribution in [0.5, 0.6) is 11.5 Å². The largest absolute Gasteiger partial charge is 0.494 e. The molecule has 2 rings (SSSR count). The third-order valence-electron chi connectivity index (χ3n) is 4.24. The van der Waals surface area contributed by atoms with Crippen LogP contribution in [0.25, 0.3) is 0 Å². The van der Waals surface area contributed by atoms with E-state index in [0.29, 0.717) is 5.75 Å². The predicted molar refractivity (Wildman–Crippen MR) is 111 cm³/mol. The summed E-state index contributed by atoms with van der Waals surface area (Å²) in [5, 5.41) is 2.83. The van der Waals surface area contributed by atoms with Gasteiger partial charge >= 0.3 is 0 Å². The number of carbonyl (C=O) groups excluding carboxylic acids is 1. The van der Waals surface area contributed by atoms with Crippen LogP contribution in [0.1, 0.15) is 52.5 Å². The number of nitrogens with one attached hydrogen (secondary N) is 1. The molecular formula is C23H31NO3. The van der Waals surface area contributed by atoms with Crippen molar-refractivity contribution in [2.75, 3.05) is 18.5 Å². The molecule has 0 spiro atoms. The SMILES string of the molecule is CCCCCOc1ccc(NC(=O)COc2ccc(C(C)(C)C)cc2)cc1. The van der Waals surface area contributed by atoms with E-state index in [0.717, 1.165) is 24.5 Å². The Morgan fingerprint density at radius 1 is 0.889 bits per heavy atom. The minimum Gasteiger partial charge on any atom is -0.494 e. The second-order valence-corrected chi connectivity index (χ2v) is 7.69. The van der Waals surface area contributed by atoms with Crippen molar-refractivity contribution in [3.05, 3.63) is 54.1 Å². The van der Waals surface area contributed by atoms with Gasteiger partial charge in [0, 0.05) is 5.69 Å². The summed E-state index contributed by atoms with van der Waals surface area (Å²) in [6.07, 6.45) is 3.41. The molecule has 2 aromatic rings. The van der Waals surface area contributed by atoms with Gasteiger partial charge in [0.25, 0.3) is 5.91 Å². The zero-order valence-corrected chi connectivity index (χ0v) is 16.9. The average molecular weight is 370 g/mol. The highest BCUT2D eigenvalue weighted by atomic mass is 16.5. The first-order valence-corrected chi connectivity index (χ1v) is 9.64. The predicted octanol–water partition coefficient (Wildman–Crippen LogP) is 5.57. The van der Waals surface area contributed by atoms with Crippen LogP contribution in [0, 0.1) is 0 Å². The zero-order valence-electron chi connectivity index (χ0n) is 16.9. The summed E-state index contributed by atoms with van der Waals surface area (Å²) in [5.74, 6) is 1.32. The second kappa shape index (κ2) is 10.0. The summed E-state index contributed by atoms with van der Waals surface area (Å²) >= 11 is 0. The van der Waals surface area contributed by atoms with E-state index >= 15 is 0 Å². The minimum absolute atomic E-state index is 0.0237. The summed E-state index contributed by atoms with van der Waals surface area (Å²) < 4.78 is 11.2. The van der Waals surface area contributed by atoms with E-state index < -0.39 is 0 Å². The number of hydrogen-bond acceptors (Lipinski definition) is 3. The highest BCUT2D eigenvalue weighted by Gasteiger charge is 2.13. The standard InChI is InChI=1S/C23H31NO3/c1-5-6-7-16-26-20-14-10-19(11-15-20)24-22(25)17-27-21-12-8-18(9-13-21)23(2,3)4/h8-15H,5-7,16-17H2,1-4H3,(H,24,25). The highest BCUT2D eigenvalue weighted by molar-refractivity contribution is 5.91. The van der Waals surface area contributed by atoms with Gasteiger partial charge in [-0.3, -0.25) is 4.79 Å². The van der Waals surface area contributed by atoms with E-state index in [1.165, 1.54) is 18.4 Å². The Morgan fingerprint density at radius 2 is 1.48 bits per heavy atom. The Kier molecular flexibility index (Phi) is 7.71. The first-order valence-electron chi connectivity index (χ1n) is 9.64. The number of rotatable bonds is 9. The van der Waals surface area contributed by atoms with Crippen molar-refractivity contribution in [3.8, 4) is 11.5 Å². The van der Waals surface area contributed by atoms with Gasteiger partial charge in [0.05, 0.1) is 6.61 Å². The topological polar surface area (TPSA) is 47.6 Å². The number of unbranched alkanes of at least 4 members (excludes halogenated alkanes) is 2. The molecule has 2 aromatic carbocycles. The van der Waals surface area contributed by atoms with Gasteiger partial charge in [-0.15, -0.1) is 0 Å². The molecule has 0 aliphatic carbocycles. The lowest BCUT2D eigenvalue weighted by molar-refractivity contribution is -0.118. The van der Waals surface area contributed by atoms with E-state index in [9.17, 15) is 4.79 Å². The first-order chi connectivity index (χ1) is 12.9. The molecule has 1 N–H and O–H groups in total. The van der Waals surface area contributed by atoms with Crippen molar-refractivity contribution < 1.29 is 14.3 Å². The molecule has 4 nitrogen and oxygen atoms in total. The van der Waals surface area contributed by atoms with E-state index in [4.69, 9.17) is 9.47 Å². The highest BCUT2D eigenvalue weighted by Crippen LogP contribution is 2.24. The Labute approximate surface area is 162 Å². The third-order valence-corrected chi connectivity index (χ3v) is 4.24. The fraction of sp³-hybridized carbons (Fsp3) is 0.435. The summed E-state index contributed by atoms with van der Waals surface area (Å²) in [4.78, 5) is 12.1. The van der Waals surface area contributed by atoms with Crippen LogP contribution in [0.4, 0.5) is 5.69 Å². The van der Waals surface area contributed by atoms with Crippen LogP contribution >= 0.6 is 0 Å². The Bertz CT molecular complexity index is 700. The number of anilines is 1. The average Bonchev–Trinajstić information content (AvgIpc) is 2.64. The normalized spacial score (nSPS) is 11.1. The summed E-state index contributed by atoms with van der Waals surface area (Å²) in [5.41, 5.74) is 2.06. The van der Waals surface area contributed by atoms with Crippen LogP contribution in [-0.4, -0.2) is 19.1 Å².